The van der Waals surface area contributed by atoms with Crippen molar-refractivity contribution in [3.8, 4) is 0 Å². The highest BCUT2D eigenvalue weighted by atomic mass is 16.2. The van der Waals surface area contributed by atoms with Gasteiger partial charge in [0.1, 0.15) is 0 Å². The molecule has 0 saturated carbocycles. The summed E-state index contributed by atoms with van der Waals surface area (Å²) in [6.07, 6.45) is 4.87. The molecule has 4 nitrogen and oxygen atoms in total. The summed E-state index contributed by atoms with van der Waals surface area (Å²) >= 11 is 0. The molecular weight excluding hydrogens is 238 g/mol. The van der Waals surface area contributed by atoms with E-state index < -0.39 is 0 Å². The standard InChI is InChI=1S/C15H29N3O/c1-12(2)14(17-7-4-3-5-8-17)15(19)18-9-6-13(10-16)11-18/h12-14H,3-11,16H2,1-2H3. The first-order valence-corrected chi connectivity index (χ1v) is 7.86. The van der Waals surface area contributed by atoms with Crippen LogP contribution in [0.15, 0.2) is 0 Å². The van der Waals surface area contributed by atoms with E-state index in [2.05, 4.69) is 23.6 Å². The fraction of sp³-hybridized carbons (Fsp3) is 0.933. The minimum Gasteiger partial charge on any atom is -0.341 e. The fourth-order valence-corrected chi connectivity index (χ4v) is 3.47. The lowest BCUT2D eigenvalue weighted by Gasteiger charge is -2.37. The molecule has 110 valence electrons. The lowest BCUT2D eigenvalue weighted by Crippen LogP contribution is -2.52. The summed E-state index contributed by atoms with van der Waals surface area (Å²) < 4.78 is 0. The van der Waals surface area contributed by atoms with Gasteiger partial charge in [-0.1, -0.05) is 20.3 Å². The molecule has 1 amide bonds. The number of nitrogens with zero attached hydrogens (tertiary/aromatic N) is 2. The molecule has 0 radical (unpaired) electrons. The summed E-state index contributed by atoms with van der Waals surface area (Å²) in [5.74, 6) is 1.24. The van der Waals surface area contributed by atoms with Crippen molar-refractivity contribution in [1.29, 1.82) is 0 Å². The number of hydrogen-bond donors (Lipinski definition) is 1. The van der Waals surface area contributed by atoms with Gasteiger partial charge in [-0.05, 0) is 50.7 Å². The number of carbonyl (C=O) groups is 1. The molecular formula is C15H29N3O. The maximum Gasteiger partial charge on any atom is 0.240 e. The van der Waals surface area contributed by atoms with Crippen molar-refractivity contribution < 1.29 is 4.79 Å². The topological polar surface area (TPSA) is 49.6 Å². The third-order valence-corrected chi connectivity index (χ3v) is 4.60. The quantitative estimate of drug-likeness (QED) is 0.835. The van der Waals surface area contributed by atoms with Crippen LogP contribution in [0.2, 0.25) is 0 Å². The largest absolute Gasteiger partial charge is 0.341 e. The molecule has 2 atom stereocenters. The summed E-state index contributed by atoms with van der Waals surface area (Å²) in [4.78, 5) is 17.3. The predicted octanol–water partition coefficient (Wildman–Crippen LogP) is 1.30. The molecule has 0 aromatic rings. The van der Waals surface area contributed by atoms with E-state index in [0.717, 1.165) is 32.6 Å². The average Bonchev–Trinajstić information content (AvgIpc) is 2.88. The molecule has 2 N–H and O–H groups in total. The van der Waals surface area contributed by atoms with Crippen LogP contribution in [0.4, 0.5) is 0 Å². The van der Waals surface area contributed by atoms with Crippen molar-refractivity contribution in [2.24, 2.45) is 17.6 Å². The van der Waals surface area contributed by atoms with E-state index in [1.807, 2.05) is 0 Å². The van der Waals surface area contributed by atoms with Crippen molar-refractivity contribution in [2.75, 3.05) is 32.7 Å². The number of amides is 1. The van der Waals surface area contributed by atoms with Crippen molar-refractivity contribution in [3.05, 3.63) is 0 Å². The number of likely N-dealkylation sites (tertiary alicyclic amines) is 2. The van der Waals surface area contributed by atoms with Crippen molar-refractivity contribution in [2.45, 2.75) is 45.6 Å². The highest BCUT2D eigenvalue weighted by Crippen LogP contribution is 2.23. The van der Waals surface area contributed by atoms with E-state index in [1.54, 1.807) is 0 Å². The summed E-state index contributed by atoms with van der Waals surface area (Å²) in [6, 6.07) is 0.0804. The Morgan fingerprint density at radius 3 is 2.42 bits per heavy atom. The molecule has 2 heterocycles. The summed E-state index contributed by atoms with van der Waals surface area (Å²) in [5.41, 5.74) is 5.73. The lowest BCUT2D eigenvalue weighted by molar-refractivity contribution is -0.138. The Kier molecular flexibility index (Phi) is 5.22. The first-order valence-electron chi connectivity index (χ1n) is 7.86. The van der Waals surface area contributed by atoms with Gasteiger partial charge in [0, 0.05) is 13.1 Å². The second-order valence-corrected chi connectivity index (χ2v) is 6.46. The second kappa shape index (κ2) is 6.71. The van der Waals surface area contributed by atoms with Gasteiger partial charge in [0.2, 0.25) is 5.91 Å². The van der Waals surface area contributed by atoms with Crippen LogP contribution >= 0.6 is 0 Å². The van der Waals surface area contributed by atoms with Crippen LogP contribution in [0.1, 0.15) is 39.5 Å². The Morgan fingerprint density at radius 1 is 1.21 bits per heavy atom. The number of carbonyl (C=O) groups excluding carboxylic acids is 1. The molecule has 0 aromatic carbocycles. The third-order valence-electron chi connectivity index (χ3n) is 4.60. The number of nitrogens with two attached hydrogens (primary N) is 1. The van der Waals surface area contributed by atoms with Crippen LogP contribution in [-0.2, 0) is 4.79 Å². The minimum absolute atomic E-state index is 0.0804. The zero-order valence-electron chi connectivity index (χ0n) is 12.5. The number of rotatable bonds is 4. The first-order chi connectivity index (χ1) is 9.13. The Bertz CT molecular complexity index is 300. The maximum absolute atomic E-state index is 12.8. The van der Waals surface area contributed by atoms with Gasteiger partial charge in [-0.3, -0.25) is 9.69 Å². The predicted molar refractivity (Wildman–Crippen MR) is 77.8 cm³/mol. The Hall–Kier alpha value is -0.610. The SMILES string of the molecule is CC(C)C(C(=O)N1CCC(CN)C1)N1CCCCC1. The van der Waals surface area contributed by atoms with Gasteiger partial charge in [0.05, 0.1) is 6.04 Å². The molecule has 0 spiro atoms. The molecule has 2 saturated heterocycles. The first kappa shape index (κ1) is 14.8. The normalized spacial score (nSPS) is 26.9. The number of hydrogen-bond acceptors (Lipinski definition) is 3. The molecule has 2 aliphatic rings. The van der Waals surface area contributed by atoms with E-state index >= 15 is 0 Å². The van der Waals surface area contributed by atoms with Crippen LogP contribution in [0.5, 0.6) is 0 Å². The van der Waals surface area contributed by atoms with E-state index in [9.17, 15) is 4.79 Å². The highest BCUT2D eigenvalue weighted by Gasteiger charge is 2.35. The van der Waals surface area contributed by atoms with Gasteiger partial charge in [0.25, 0.3) is 0 Å². The summed E-state index contributed by atoms with van der Waals surface area (Å²) in [7, 11) is 0. The average molecular weight is 267 g/mol. The van der Waals surface area contributed by atoms with Crippen LogP contribution < -0.4 is 5.73 Å². The molecule has 19 heavy (non-hydrogen) atoms. The van der Waals surface area contributed by atoms with E-state index in [0.29, 0.717) is 24.3 Å². The maximum atomic E-state index is 12.8. The number of piperidine rings is 1. The molecule has 0 aromatic heterocycles. The molecule has 0 aliphatic carbocycles. The van der Waals surface area contributed by atoms with Crippen LogP contribution in [0.25, 0.3) is 0 Å². The molecule has 2 fully saturated rings. The van der Waals surface area contributed by atoms with Gasteiger partial charge < -0.3 is 10.6 Å². The van der Waals surface area contributed by atoms with E-state index in [4.69, 9.17) is 5.73 Å². The van der Waals surface area contributed by atoms with Gasteiger partial charge in [-0.2, -0.15) is 0 Å². The van der Waals surface area contributed by atoms with Crippen molar-refractivity contribution in [1.82, 2.24) is 9.80 Å². The van der Waals surface area contributed by atoms with Crippen LogP contribution in [0.3, 0.4) is 0 Å². The summed E-state index contributed by atoms with van der Waals surface area (Å²) in [5, 5.41) is 0. The van der Waals surface area contributed by atoms with E-state index in [-0.39, 0.29) is 6.04 Å². The Balaban J connectivity index is 2.00. The third kappa shape index (κ3) is 3.48. The van der Waals surface area contributed by atoms with Crippen molar-refractivity contribution in [3.63, 3.8) is 0 Å². The van der Waals surface area contributed by atoms with Crippen molar-refractivity contribution >= 4 is 5.91 Å². The summed E-state index contributed by atoms with van der Waals surface area (Å²) in [6.45, 7) is 9.00. The van der Waals surface area contributed by atoms with Gasteiger partial charge in [-0.25, -0.2) is 0 Å². The monoisotopic (exact) mass is 267 g/mol. The smallest absolute Gasteiger partial charge is 0.240 e. The van der Waals surface area contributed by atoms with Gasteiger partial charge in [-0.15, -0.1) is 0 Å². The van der Waals surface area contributed by atoms with Crippen LogP contribution in [0, 0.1) is 11.8 Å². The zero-order chi connectivity index (χ0) is 13.8. The van der Waals surface area contributed by atoms with E-state index in [1.165, 1.54) is 19.3 Å². The second-order valence-electron chi connectivity index (χ2n) is 6.46. The van der Waals surface area contributed by atoms with Gasteiger partial charge >= 0.3 is 0 Å². The molecule has 2 unspecified atom stereocenters. The Morgan fingerprint density at radius 2 is 1.89 bits per heavy atom. The minimum atomic E-state index is 0.0804. The molecule has 2 aliphatic heterocycles. The lowest BCUT2D eigenvalue weighted by atomic mass is 9.98. The molecule has 0 bridgehead atoms. The zero-order valence-corrected chi connectivity index (χ0v) is 12.5. The van der Waals surface area contributed by atoms with Gasteiger partial charge in [0.15, 0.2) is 0 Å². The highest BCUT2D eigenvalue weighted by molar-refractivity contribution is 5.82. The molecule has 2 rings (SSSR count). The Labute approximate surface area is 117 Å². The fourth-order valence-electron chi connectivity index (χ4n) is 3.47. The van der Waals surface area contributed by atoms with Crippen LogP contribution in [-0.4, -0.2) is 54.5 Å². The molecule has 4 heteroatoms.